The molecule has 0 fully saturated rings. The molecule has 0 spiro atoms. The molecular formula is C99H85N3. The van der Waals surface area contributed by atoms with E-state index in [2.05, 4.69) is 439 Å². The first-order valence-electron chi connectivity index (χ1n) is 35.2. The highest BCUT2D eigenvalue weighted by atomic mass is 15.1. The molecule has 13 rings (SSSR count). The van der Waals surface area contributed by atoms with Gasteiger partial charge in [0.05, 0.1) is 0 Å². The van der Waals surface area contributed by atoms with Gasteiger partial charge in [-0.25, -0.2) is 0 Å². The van der Waals surface area contributed by atoms with E-state index in [1.165, 1.54) is 39.0 Å². The van der Waals surface area contributed by atoms with Crippen LogP contribution in [0.5, 0.6) is 0 Å². The average molecular weight is 1320 g/mol. The number of nitrogens with two attached hydrogens (primary N) is 1. The van der Waals surface area contributed by atoms with Gasteiger partial charge >= 0.3 is 0 Å². The molecule has 0 saturated heterocycles. The highest BCUT2D eigenvalue weighted by Crippen LogP contribution is 2.43. The van der Waals surface area contributed by atoms with Crippen LogP contribution in [0, 0.1) is 26.2 Å². The number of para-hydroxylation sites is 2. The van der Waals surface area contributed by atoms with E-state index >= 15 is 0 Å². The van der Waals surface area contributed by atoms with Crippen LogP contribution in [0.25, 0.3) is 71.5 Å². The molecule has 3 heteroatoms. The van der Waals surface area contributed by atoms with Gasteiger partial charge in [0.2, 0.25) is 0 Å². The zero-order valence-corrected chi connectivity index (χ0v) is 58.8. The second-order valence-electron chi connectivity index (χ2n) is 26.6. The Hall–Kier alpha value is -12.6. The van der Waals surface area contributed by atoms with Gasteiger partial charge in [-0.15, -0.1) is 0 Å². The summed E-state index contributed by atoms with van der Waals surface area (Å²) in [7, 11) is 0. The molecule has 2 N–H and O–H groups in total. The van der Waals surface area contributed by atoms with Gasteiger partial charge in [0.25, 0.3) is 0 Å². The second kappa shape index (κ2) is 32.4. The molecular weight excluding hydrogens is 1230 g/mol. The zero-order valence-electron chi connectivity index (χ0n) is 58.8. The van der Waals surface area contributed by atoms with Crippen molar-refractivity contribution in [2.45, 2.75) is 41.0 Å². The van der Waals surface area contributed by atoms with Crippen molar-refractivity contribution in [3.05, 3.63) is 440 Å². The minimum atomic E-state index is -0.0658. The Morgan fingerprint density at radius 1 is 0.304 bits per heavy atom. The van der Waals surface area contributed by atoms with Gasteiger partial charge in [-0.1, -0.05) is 351 Å². The Morgan fingerprint density at radius 2 is 0.588 bits per heavy atom. The molecule has 102 heavy (non-hydrogen) atoms. The molecule has 1 aliphatic carbocycles. The third kappa shape index (κ3) is 17.6. The van der Waals surface area contributed by atoms with E-state index in [9.17, 15) is 0 Å². The van der Waals surface area contributed by atoms with Crippen molar-refractivity contribution in [2.24, 2.45) is 11.1 Å². The number of rotatable bonds is 22. The number of allylic oxidation sites excluding steroid dienone is 9. The fourth-order valence-electron chi connectivity index (χ4n) is 12.7. The van der Waals surface area contributed by atoms with E-state index in [4.69, 9.17) is 5.73 Å². The Balaban J connectivity index is 0.612. The third-order valence-corrected chi connectivity index (χ3v) is 18.9. The maximum Gasteiger partial charge on any atom is 0.0462 e. The lowest BCUT2D eigenvalue weighted by atomic mass is 9.73. The van der Waals surface area contributed by atoms with E-state index in [1.807, 2.05) is 6.08 Å². The number of hydrogen-bond acceptors (Lipinski definition) is 3. The lowest BCUT2D eigenvalue weighted by Gasteiger charge is -2.31. The molecule has 0 radical (unpaired) electrons. The smallest absolute Gasteiger partial charge is 0.0462 e. The summed E-state index contributed by atoms with van der Waals surface area (Å²) in [6, 6.07) is 108. The molecule has 1 atom stereocenters. The predicted molar refractivity (Wildman–Crippen MR) is 443 cm³/mol. The van der Waals surface area contributed by atoms with Crippen LogP contribution in [-0.4, -0.2) is 0 Å². The largest absolute Gasteiger partial charge is 0.398 e. The van der Waals surface area contributed by atoms with Gasteiger partial charge in [0, 0.05) is 45.2 Å². The maximum atomic E-state index is 6.70. The number of nitrogens with zero attached hydrogens (tertiary/aromatic N) is 2. The second-order valence-corrected chi connectivity index (χ2v) is 26.6. The lowest BCUT2D eigenvalue weighted by Crippen LogP contribution is -2.17. The highest BCUT2D eigenvalue weighted by Gasteiger charge is 2.28. The molecule has 12 aromatic rings. The van der Waals surface area contributed by atoms with Crippen molar-refractivity contribution in [1.82, 2.24) is 0 Å². The van der Waals surface area contributed by atoms with Gasteiger partial charge in [-0.2, -0.15) is 0 Å². The first kappa shape index (κ1) is 68.0. The summed E-state index contributed by atoms with van der Waals surface area (Å²) in [6.07, 6.45) is 36.2. The average Bonchev–Trinajstić information content (AvgIpc) is 0.816. The van der Waals surface area contributed by atoms with Gasteiger partial charge in [0.15, 0.2) is 0 Å². The molecule has 0 aromatic heterocycles. The normalized spacial score (nSPS) is 14.1. The summed E-state index contributed by atoms with van der Waals surface area (Å²) in [5.74, 6) is 0. The first-order valence-corrected chi connectivity index (χ1v) is 35.2. The summed E-state index contributed by atoms with van der Waals surface area (Å²) in [5, 5.41) is 0. The number of benzene rings is 12. The Bertz CT molecular complexity index is 5050. The monoisotopic (exact) mass is 1320 g/mol. The summed E-state index contributed by atoms with van der Waals surface area (Å²) >= 11 is 0. The molecule has 1 aliphatic rings. The summed E-state index contributed by atoms with van der Waals surface area (Å²) in [5.41, 5.74) is 36.1. The van der Waals surface area contributed by atoms with Crippen molar-refractivity contribution in [3.63, 3.8) is 0 Å². The van der Waals surface area contributed by atoms with E-state index in [0.717, 1.165) is 107 Å². The molecule has 0 aliphatic heterocycles. The Labute approximate surface area is 604 Å². The zero-order chi connectivity index (χ0) is 70.0. The van der Waals surface area contributed by atoms with E-state index < -0.39 is 0 Å². The predicted octanol–water partition coefficient (Wildman–Crippen LogP) is 26.7. The van der Waals surface area contributed by atoms with Gasteiger partial charge < -0.3 is 15.5 Å². The summed E-state index contributed by atoms with van der Waals surface area (Å²) < 4.78 is 0. The maximum absolute atomic E-state index is 6.70. The summed E-state index contributed by atoms with van der Waals surface area (Å²) in [4.78, 5) is 4.61. The fraction of sp³-hybridized carbons (Fsp3) is 0.0707. The van der Waals surface area contributed by atoms with Crippen molar-refractivity contribution in [1.29, 1.82) is 0 Å². The van der Waals surface area contributed by atoms with Gasteiger partial charge in [-0.3, -0.25) is 0 Å². The van der Waals surface area contributed by atoms with Crippen LogP contribution < -0.4 is 15.5 Å². The molecule has 1 unspecified atom stereocenters. The quantitative estimate of drug-likeness (QED) is 0.0542. The minimum absolute atomic E-state index is 0.0658. The van der Waals surface area contributed by atoms with Crippen LogP contribution in [0.4, 0.5) is 34.1 Å². The van der Waals surface area contributed by atoms with Gasteiger partial charge in [0.1, 0.15) is 0 Å². The molecule has 0 bridgehead atoms. The Morgan fingerprint density at radius 3 is 0.912 bits per heavy atom. The Kier molecular flexibility index (Phi) is 21.6. The molecule has 3 nitrogen and oxygen atoms in total. The van der Waals surface area contributed by atoms with Crippen LogP contribution in [0.3, 0.4) is 0 Å². The van der Waals surface area contributed by atoms with Gasteiger partial charge in [-0.05, 0) is 196 Å². The fourth-order valence-corrected chi connectivity index (χ4v) is 12.7. The number of anilines is 6. The van der Waals surface area contributed by atoms with Crippen LogP contribution >= 0.6 is 0 Å². The first-order chi connectivity index (χ1) is 49.9. The minimum Gasteiger partial charge on any atom is -0.398 e. The molecule has 12 aromatic carbocycles. The third-order valence-electron chi connectivity index (χ3n) is 18.9. The summed E-state index contributed by atoms with van der Waals surface area (Å²) in [6.45, 7) is 10.9. The van der Waals surface area contributed by atoms with E-state index in [-0.39, 0.29) is 5.41 Å². The lowest BCUT2D eigenvalue weighted by molar-refractivity contribution is 0.575. The van der Waals surface area contributed by atoms with Crippen molar-refractivity contribution in [2.75, 3.05) is 9.80 Å². The number of hydrogen-bond donors (Lipinski definition) is 1. The molecule has 0 amide bonds. The number of aryl methyl sites for hydroxylation is 3. The molecule has 0 heterocycles. The molecule has 0 saturated carbocycles. The van der Waals surface area contributed by atoms with Crippen LogP contribution in [0.1, 0.15) is 109 Å². The van der Waals surface area contributed by atoms with Crippen molar-refractivity contribution in [3.8, 4) is 0 Å². The van der Waals surface area contributed by atoms with E-state index in [0.29, 0.717) is 5.70 Å². The standard InChI is InChI=1S/C99H85N3/c1-73-19-51-86(52-20-73)96(87-53-21-74(2)22-54-87)67-68-98(100)89-57-41-81(42-58-89)36-40-85-49-65-95(66-50-85)102(91-16-10-7-11-17-91)94-63-47-84(48-64-94)39-35-80-31-29-79(30-32-80)34-38-83-45-61-93(62-46-83)101(90-14-8-6-9-15-90)92-59-43-82(44-60-92)37-33-78-27-25-77(26-28-78)13-12-18-97(88-55-23-75(3)24-56-88)99(5)71-69-76(4)70-72-99/h6-71H,72,100H2,1-5H3/b13-12+,37-33+,38-34?,39-35+,40-36+,97-18?,98-68-. The SMILES string of the molecule is CC1=CCC(C)(C(=C/C=C/c2ccc(/C=C/c3ccc(N(c4ccccc4)c4ccc(C=Cc5ccc(/C=C/c6ccc(N(c7ccccc7)c7ccc(/C=C/c8ccc(/C(N)=C/C=C(c9ccc(C)cc9)c9ccc(C)cc9)cc8)cc7)cc6)cc5)cc4)cc3)cc2)c2ccc(C)cc2)C=C1. The topological polar surface area (TPSA) is 32.5 Å². The van der Waals surface area contributed by atoms with Crippen molar-refractivity contribution < 1.29 is 0 Å². The van der Waals surface area contributed by atoms with Crippen LogP contribution in [0.2, 0.25) is 0 Å². The van der Waals surface area contributed by atoms with Crippen molar-refractivity contribution >= 4 is 106 Å². The van der Waals surface area contributed by atoms with Crippen LogP contribution in [0.15, 0.2) is 351 Å². The van der Waals surface area contributed by atoms with E-state index in [1.54, 1.807) is 0 Å². The van der Waals surface area contributed by atoms with Crippen LogP contribution in [-0.2, 0) is 0 Å². The highest BCUT2D eigenvalue weighted by molar-refractivity contribution is 5.85. The molecule has 496 valence electrons.